The number of thioether (sulfide) groups is 1. The molecule has 0 radical (unpaired) electrons. The standard InChI is InChI=1S/C21H29N3O5S2/c1-15-2-4-16(5-3-15)22-20(25)13-24-18-12-17(6-7-19(18)30-14-21(24)26)31(27,28)23-8-10-29-11-9-23/h6-7,12,15-16H,2-5,8-11,13-14H2,1H3,(H,22,25). The first-order chi connectivity index (χ1) is 14.8. The van der Waals surface area contributed by atoms with Gasteiger partial charge in [-0.25, -0.2) is 8.42 Å². The Morgan fingerprint density at radius 3 is 2.61 bits per heavy atom. The van der Waals surface area contributed by atoms with Crippen LogP contribution in [0.2, 0.25) is 0 Å². The number of nitrogens with zero attached hydrogens (tertiary/aromatic N) is 2. The highest BCUT2D eigenvalue weighted by Crippen LogP contribution is 2.37. The molecule has 0 aromatic heterocycles. The first-order valence-corrected chi connectivity index (χ1v) is 13.2. The summed E-state index contributed by atoms with van der Waals surface area (Å²) in [4.78, 5) is 27.7. The number of morpholine rings is 1. The number of fused-ring (bicyclic) bond motifs is 1. The van der Waals surface area contributed by atoms with Crippen molar-refractivity contribution in [3.05, 3.63) is 18.2 Å². The monoisotopic (exact) mass is 467 g/mol. The molecule has 10 heteroatoms. The van der Waals surface area contributed by atoms with Crippen LogP contribution in [0.1, 0.15) is 32.6 Å². The molecular formula is C21H29N3O5S2. The van der Waals surface area contributed by atoms with Gasteiger partial charge in [0.15, 0.2) is 0 Å². The highest BCUT2D eigenvalue weighted by molar-refractivity contribution is 8.00. The van der Waals surface area contributed by atoms with Crippen LogP contribution in [0.3, 0.4) is 0 Å². The van der Waals surface area contributed by atoms with Gasteiger partial charge in [-0.2, -0.15) is 4.31 Å². The molecule has 4 rings (SSSR count). The van der Waals surface area contributed by atoms with Gasteiger partial charge in [0, 0.05) is 24.0 Å². The van der Waals surface area contributed by atoms with E-state index < -0.39 is 10.0 Å². The minimum absolute atomic E-state index is 0.0977. The number of nitrogens with one attached hydrogen (secondary N) is 1. The average molecular weight is 468 g/mol. The van der Waals surface area contributed by atoms with Gasteiger partial charge in [-0.15, -0.1) is 11.8 Å². The van der Waals surface area contributed by atoms with Gasteiger partial charge in [0.05, 0.1) is 29.5 Å². The molecule has 1 aromatic rings. The van der Waals surface area contributed by atoms with Crippen LogP contribution >= 0.6 is 11.8 Å². The van der Waals surface area contributed by atoms with Crippen molar-refractivity contribution >= 4 is 39.3 Å². The molecule has 1 aliphatic carbocycles. The average Bonchev–Trinajstić information content (AvgIpc) is 2.77. The van der Waals surface area contributed by atoms with E-state index in [1.807, 2.05) is 0 Å². The van der Waals surface area contributed by atoms with Gasteiger partial charge in [-0.1, -0.05) is 6.92 Å². The number of hydrogen-bond acceptors (Lipinski definition) is 6. The number of amides is 2. The van der Waals surface area contributed by atoms with E-state index >= 15 is 0 Å². The van der Waals surface area contributed by atoms with Crippen LogP contribution < -0.4 is 10.2 Å². The van der Waals surface area contributed by atoms with Gasteiger partial charge in [-0.05, 0) is 49.8 Å². The molecule has 0 unspecified atom stereocenters. The summed E-state index contributed by atoms with van der Waals surface area (Å²) in [6.45, 7) is 3.47. The number of carbonyl (C=O) groups is 2. The predicted octanol–water partition coefficient (Wildman–Crippen LogP) is 1.84. The molecule has 0 spiro atoms. The van der Waals surface area contributed by atoms with Gasteiger partial charge in [0.2, 0.25) is 21.8 Å². The number of anilines is 1. The van der Waals surface area contributed by atoms with Crippen molar-refractivity contribution in [1.29, 1.82) is 0 Å². The molecule has 1 N–H and O–H groups in total. The van der Waals surface area contributed by atoms with Crippen LogP contribution in [0, 0.1) is 5.92 Å². The summed E-state index contributed by atoms with van der Waals surface area (Å²) < 4.78 is 32.8. The van der Waals surface area contributed by atoms with Gasteiger partial charge in [0.25, 0.3) is 0 Å². The van der Waals surface area contributed by atoms with Gasteiger partial charge < -0.3 is 15.0 Å². The minimum atomic E-state index is -3.69. The van der Waals surface area contributed by atoms with Crippen molar-refractivity contribution in [3.63, 3.8) is 0 Å². The van der Waals surface area contributed by atoms with Crippen molar-refractivity contribution < 1.29 is 22.7 Å². The number of rotatable bonds is 5. The van der Waals surface area contributed by atoms with E-state index in [2.05, 4.69) is 12.2 Å². The number of benzene rings is 1. The van der Waals surface area contributed by atoms with Crippen LogP contribution in [-0.4, -0.2) is 69.2 Å². The lowest BCUT2D eigenvalue weighted by molar-refractivity contribution is -0.123. The first kappa shape index (κ1) is 22.6. The van der Waals surface area contributed by atoms with Crippen molar-refractivity contribution in [1.82, 2.24) is 9.62 Å². The fraction of sp³-hybridized carbons (Fsp3) is 0.619. The molecule has 2 amide bonds. The summed E-state index contributed by atoms with van der Waals surface area (Å²) in [6, 6.07) is 4.98. The molecule has 8 nitrogen and oxygen atoms in total. The fourth-order valence-electron chi connectivity index (χ4n) is 4.27. The fourth-order valence-corrected chi connectivity index (χ4v) is 6.62. The number of carbonyl (C=O) groups excluding carboxylic acids is 2. The maximum absolute atomic E-state index is 13.1. The molecule has 0 bridgehead atoms. The molecule has 31 heavy (non-hydrogen) atoms. The van der Waals surface area contributed by atoms with Crippen molar-refractivity contribution in [2.45, 2.75) is 48.4 Å². The topological polar surface area (TPSA) is 96.0 Å². The molecule has 170 valence electrons. The number of hydrogen-bond donors (Lipinski definition) is 1. The second-order valence-electron chi connectivity index (χ2n) is 8.44. The Morgan fingerprint density at radius 1 is 1.19 bits per heavy atom. The second kappa shape index (κ2) is 9.48. The van der Waals surface area contributed by atoms with Crippen molar-refractivity contribution in [2.24, 2.45) is 5.92 Å². The molecule has 2 aliphatic heterocycles. The lowest BCUT2D eigenvalue weighted by Gasteiger charge is -2.31. The Labute approximate surface area is 187 Å². The van der Waals surface area contributed by atoms with E-state index in [0.29, 0.717) is 37.9 Å². The Balaban J connectivity index is 1.52. The molecule has 2 heterocycles. The summed E-state index contributed by atoms with van der Waals surface area (Å²) in [5.41, 5.74) is 0.489. The summed E-state index contributed by atoms with van der Waals surface area (Å²) in [5, 5.41) is 3.05. The highest BCUT2D eigenvalue weighted by atomic mass is 32.2. The summed E-state index contributed by atoms with van der Waals surface area (Å²) >= 11 is 1.37. The van der Waals surface area contributed by atoms with E-state index in [1.54, 1.807) is 12.1 Å². The van der Waals surface area contributed by atoms with Crippen molar-refractivity contribution in [2.75, 3.05) is 43.5 Å². The summed E-state index contributed by atoms with van der Waals surface area (Å²) in [6.07, 6.45) is 4.09. The smallest absolute Gasteiger partial charge is 0.243 e. The zero-order chi connectivity index (χ0) is 22.0. The van der Waals surface area contributed by atoms with Crippen LogP contribution in [0.4, 0.5) is 5.69 Å². The van der Waals surface area contributed by atoms with Crippen molar-refractivity contribution in [3.8, 4) is 0 Å². The molecule has 1 saturated carbocycles. The third-order valence-electron chi connectivity index (χ3n) is 6.16. The zero-order valence-electron chi connectivity index (χ0n) is 17.7. The maximum Gasteiger partial charge on any atom is 0.243 e. The van der Waals surface area contributed by atoms with E-state index in [4.69, 9.17) is 4.74 Å². The van der Waals surface area contributed by atoms with E-state index in [-0.39, 0.29) is 35.0 Å². The predicted molar refractivity (Wildman–Crippen MR) is 119 cm³/mol. The van der Waals surface area contributed by atoms with Gasteiger partial charge >= 0.3 is 0 Å². The summed E-state index contributed by atoms with van der Waals surface area (Å²) in [5.74, 6) is 0.530. The lowest BCUT2D eigenvalue weighted by Crippen LogP contribution is -2.46. The maximum atomic E-state index is 13.1. The second-order valence-corrected chi connectivity index (χ2v) is 11.4. The third kappa shape index (κ3) is 5.08. The van der Waals surface area contributed by atoms with E-state index in [0.717, 1.165) is 30.6 Å². The van der Waals surface area contributed by atoms with E-state index in [9.17, 15) is 18.0 Å². The summed E-state index contributed by atoms with van der Waals surface area (Å²) in [7, 11) is -3.69. The molecule has 1 saturated heterocycles. The normalized spacial score (nSPS) is 25.2. The van der Waals surface area contributed by atoms with Crippen LogP contribution in [0.15, 0.2) is 28.0 Å². The minimum Gasteiger partial charge on any atom is -0.379 e. The third-order valence-corrected chi connectivity index (χ3v) is 9.11. The Morgan fingerprint density at radius 2 is 1.90 bits per heavy atom. The van der Waals surface area contributed by atoms with Gasteiger partial charge in [0.1, 0.15) is 6.54 Å². The Bertz CT molecular complexity index is 938. The van der Waals surface area contributed by atoms with Gasteiger partial charge in [-0.3, -0.25) is 9.59 Å². The molecule has 2 fully saturated rings. The number of sulfonamides is 1. The Kier molecular flexibility index (Phi) is 6.90. The molecule has 3 aliphatic rings. The SMILES string of the molecule is CC1CCC(NC(=O)CN2C(=O)CSc3ccc(S(=O)(=O)N4CCOCC4)cc32)CC1. The van der Waals surface area contributed by atoms with Crippen LogP contribution in [0.5, 0.6) is 0 Å². The lowest BCUT2D eigenvalue weighted by atomic mass is 9.87. The highest BCUT2D eigenvalue weighted by Gasteiger charge is 2.32. The largest absolute Gasteiger partial charge is 0.379 e. The quantitative estimate of drug-likeness (QED) is 0.710. The molecular weight excluding hydrogens is 438 g/mol. The van der Waals surface area contributed by atoms with E-state index in [1.165, 1.54) is 27.0 Å². The van der Waals surface area contributed by atoms with Crippen LogP contribution in [-0.2, 0) is 24.3 Å². The molecule has 1 aromatic carbocycles. The number of ether oxygens (including phenoxy) is 1. The zero-order valence-corrected chi connectivity index (χ0v) is 19.3. The molecule has 0 atom stereocenters. The Hall–Kier alpha value is -1.62. The first-order valence-electron chi connectivity index (χ1n) is 10.8. The van der Waals surface area contributed by atoms with Crippen LogP contribution in [0.25, 0.3) is 0 Å².